The van der Waals surface area contributed by atoms with Crippen LogP contribution in [0.15, 0.2) is 41.4 Å². The Morgan fingerprint density at radius 3 is 2.49 bits per heavy atom. The van der Waals surface area contributed by atoms with Gasteiger partial charge in [-0.1, -0.05) is 12.1 Å². The van der Waals surface area contributed by atoms with Crippen LogP contribution in [-0.4, -0.2) is 36.6 Å². The van der Waals surface area contributed by atoms with Gasteiger partial charge < -0.3 is 4.57 Å². The molecule has 0 radical (unpaired) electrons. The van der Waals surface area contributed by atoms with Gasteiger partial charge in [0.25, 0.3) is 0 Å². The number of hydrogen-bond donors (Lipinski definition) is 1. The zero-order valence-corrected chi connectivity index (χ0v) is 19.3. The van der Waals surface area contributed by atoms with Gasteiger partial charge in [0.05, 0.1) is 22.5 Å². The van der Waals surface area contributed by atoms with Gasteiger partial charge in [0.15, 0.2) is 0 Å². The molecule has 1 aromatic carbocycles. The molecule has 3 aromatic rings. The third-order valence-corrected chi connectivity index (χ3v) is 7.41. The molecule has 186 valence electrons. The Morgan fingerprint density at radius 1 is 1.23 bits per heavy atom. The highest BCUT2D eigenvalue weighted by Gasteiger charge is 2.39. The summed E-state index contributed by atoms with van der Waals surface area (Å²) in [6.07, 6.45) is -4.83. The van der Waals surface area contributed by atoms with Crippen LogP contribution in [0.3, 0.4) is 0 Å². The second-order valence-corrected chi connectivity index (χ2v) is 10.3. The summed E-state index contributed by atoms with van der Waals surface area (Å²) < 4.78 is 92.5. The van der Waals surface area contributed by atoms with E-state index in [4.69, 9.17) is 0 Å². The molecule has 0 saturated heterocycles. The fraction of sp³-hybridized carbons (Fsp3) is 0.391. The Kier molecular flexibility index (Phi) is 6.59. The minimum atomic E-state index is -4.75. The van der Waals surface area contributed by atoms with Gasteiger partial charge in [-0.2, -0.15) is 23.2 Å². The van der Waals surface area contributed by atoms with E-state index in [2.05, 4.69) is 11.1 Å². The van der Waals surface area contributed by atoms with E-state index in [1.54, 1.807) is 16.9 Å². The first-order valence-corrected chi connectivity index (χ1v) is 12.3. The average Bonchev–Trinajstić information content (AvgIpc) is 3.54. The number of halogens is 5. The van der Waals surface area contributed by atoms with Gasteiger partial charge in [0, 0.05) is 24.5 Å². The summed E-state index contributed by atoms with van der Waals surface area (Å²) in [6, 6.07) is 7.06. The molecular formula is C23H21F5N4O2S. The van der Waals surface area contributed by atoms with E-state index in [0.29, 0.717) is 41.5 Å². The van der Waals surface area contributed by atoms with Crippen molar-refractivity contribution in [3.63, 3.8) is 0 Å². The average molecular weight is 513 g/mol. The highest BCUT2D eigenvalue weighted by Crippen LogP contribution is 2.38. The van der Waals surface area contributed by atoms with E-state index in [-0.39, 0.29) is 11.3 Å². The standard InChI is InChI=1S/C23H21F5N4O2S/c1-13(23(26,27)28)31-35(33,34)16-5-7-19(30-11-16)22-18(10-29)17-6-4-15(9-21(24)25)8-20(17)32(22)12-14-2-3-14/h4-8,11,13-14,21,31H,2-3,9,12H2,1H3/t13-/m0/s1. The largest absolute Gasteiger partial charge is 0.404 e. The van der Waals surface area contributed by atoms with E-state index in [1.165, 1.54) is 12.1 Å². The summed E-state index contributed by atoms with van der Waals surface area (Å²) in [5, 5.41) is 10.4. The molecule has 35 heavy (non-hydrogen) atoms. The minimum absolute atomic E-state index is 0.247. The zero-order chi connectivity index (χ0) is 25.5. The number of nitrogens with one attached hydrogen (secondary N) is 1. The van der Waals surface area contributed by atoms with Gasteiger partial charge in [0.2, 0.25) is 16.4 Å². The van der Waals surface area contributed by atoms with E-state index in [1.807, 2.05) is 4.57 Å². The van der Waals surface area contributed by atoms with Crippen molar-refractivity contribution in [2.75, 3.05) is 0 Å². The van der Waals surface area contributed by atoms with Gasteiger partial charge in [-0.15, -0.1) is 0 Å². The fourth-order valence-corrected chi connectivity index (χ4v) is 5.05. The molecule has 12 heteroatoms. The lowest BCUT2D eigenvalue weighted by Crippen LogP contribution is -2.42. The Balaban J connectivity index is 1.78. The number of hydrogen-bond acceptors (Lipinski definition) is 4. The molecule has 1 saturated carbocycles. The highest BCUT2D eigenvalue weighted by molar-refractivity contribution is 7.89. The number of benzene rings is 1. The molecule has 6 nitrogen and oxygen atoms in total. The molecule has 2 heterocycles. The van der Waals surface area contributed by atoms with Crippen molar-refractivity contribution in [1.29, 1.82) is 5.26 Å². The zero-order valence-electron chi connectivity index (χ0n) is 18.5. The van der Waals surface area contributed by atoms with Crippen molar-refractivity contribution in [3.8, 4) is 17.5 Å². The van der Waals surface area contributed by atoms with Gasteiger partial charge in [-0.05, 0) is 49.4 Å². The Hall–Kier alpha value is -3.04. The van der Waals surface area contributed by atoms with Crippen molar-refractivity contribution in [1.82, 2.24) is 14.3 Å². The van der Waals surface area contributed by atoms with Crippen LogP contribution in [0.4, 0.5) is 22.0 Å². The van der Waals surface area contributed by atoms with Crippen molar-refractivity contribution in [2.24, 2.45) is 5.92 Å². The number of fused-ring (bicyclic) bond motifs is 1. The molecule has 0 bridgehead atoms. The Bertz CT molecular complexity index is 1390. The van der Waals surface area contributed by atoms with Crippen LogP contribution in [0.1, 0.15) is 30.9 Å². The topological polar surface area (TPSA) is 87.8 Å². The van der Waals surface area contributed by atoms with Crippen molar-refractivity contribution < 1.29 is 30.4 Å². The summed E-state index contributed by atoms with van der Waals surface area (Å²) in [5.41, 5.74) is 1.93. The summed E-state index contributed by atoms with van der Waals surface area (Å²) in [6.45, 7) is 1.22. The molecule has 0 amide bonds. The molecule has 0 spiro atoms. The number of sulfonamides is 1. The van der Waals surface area contributed by atoms with Gasteiger partial charge in [-0.25, -0.2) is 17.2 Å². The van der Waals surface area contributed by atoms with Crippen molar-refractivity contribution >= 4 is 20.9 Å². The monoisotopic (exact) mass is 512 g/mol. The van der Waals surface area contributed by atoms with Gasteiger partial charge in [0.1, 0.15) is 17.0 Å². The van der Waals surface area contributed by atoms with Crippen LogP contribution >= 0.6 is 0 Å². The molecule has 1 atom stereocenters. The third kappa shape index (κ3) is 5.31. The normalized spacial score (nSPS) is 15.5. The smallest absolute Gasteiger partial charge is 0.338 e. The van der Waals surface area contributed by atoms with Crippen LogP contribution in [0.5, 0.6) is 0 Å². The van der Waals surface area contributed by atoms with Gasteiger partial charge in [-0.3, -0.25) is 4.98 Å². The molecule has 1 aliphatic carbocycles. The third-order valence-electron chi connectivity index (χ3n) is 5.88. The Morgan fingerprint density at radius 2 is 1.94 bits per heavy atom. The van der Waals surface area contributed by atoms with Gasteiger partial charge >= 0.3 is 6.18 Å². The second-order valence-electron chi connectivity index (χ2n) is 8.60. The van der Waals surface area contributed by atoms with Crippen LogP contribution < -0.4 is 4.72 Å². The summed E-state index contributed by atoms with van der Waals surface area (Å²) in [4.78, 5) is 3.70. The molecule has 0 aliphatic heterocycles. The quantitative estimate of drug-likeness (QED) is 0.430. The molecule has 4 rings (SSSR count). The molecule has 1 aliphatic rings. The highest BCUT2D eigenvalue weighted by atomic mass is 32.2. The lowest BCUT2D eigenvalue weighted by Gasteiger charge is -2.17. The predicted molar refractivity (Wildman–Crippen MR) is 118 cm³/mol. The first kappa shape index (κ1) is 25.1. The second kappa shape index (κ2) is 9.20. The van der Waals surface area contributed by atoms with Crippen LogP contribution in [0.25, 0.3) is 22.3 Å². The van der Waals surface area contributed by atoms with E-state index >= 15 is 0 Å². The fourth-order valence-electron chi connectivity index (χ4n) is 3.87. The molecular weight excluding hydrogens is 491 g/mol. The lowest BCUT2D eigenvalue weighted by atomic mass is 10.1. The van der Waals surface area contributed by atoms with Crippen molar-refractivity contribution in [3.05, 3.63) is 47.7 Å². The molecule has 1 N–H and O–H groups in total. The maximum Gasteiger partial charge on any atom is 0.404 e. The lowest BCUT2D eigenvalue weighted by molar-refractivity contribution is -0.147. The van der Waals surface area contributed by atoms with E-state index < -0.39 is 40.0 Å². The first-order valence-electron chi connectivity index (χ1n) is 10.8. The van der Waals surface area contributed by atoms with Crippen LogP contribution in [-0.2, 0) is 23.0 Å². The summed E-state index contributed by atoms with van der Waals surface area (Å²) in [5.74, 6) is 0.349. The van der Waals surface area contributed by atoms with E-state index in [0.717, 1.165) is 25.1 Å². The number of nitriles is 1. The number of aromatic nitrogens is 2. The van der Waals surface area contributed by atoms with Crippen LogP contribution in [0, 0.1) is 17.2 Å². The minimum Gasteiger partial charge on any atom is -0.338 e. The number of pyridine rings is 1. The predicted octanol–water partition coefficient (Wildman–Crippen LogP) is 5.02. The number of nitrogens with zero attached hydrogens (tertiary/aromatic N) is 3. The van der Waals surface area contributed by atoms with Crippen LogP contribution in [0.2, 0.25) is 0 Å². The number of alkyl halides is 5. The maximum atomic E-state index is 12.9. The Labute approximate surface area is 198 Å². The summed E-state index contributed by atoms with van der Waals surface area (Å²) >= 11 is 0. The van der Waals surface area contributed by atoms with Crippen molar-refractivity contribution in [2.45, 2.75) is 56.3 Å². The molecule has 1 fully saturated rings. The molecule has 2 aromatic heterocycles. The molecule has 0 unspecified atom stereocenters. The number of rotatable bonds is 8. The SMILES string of the molecule is C[C@H](NS(=O)(=O)c1ccc(-c2c(C#N)c3ccc(CC(F)F)cc3n2CC2CC2)nc1)C(F)(F)F. The maximum absolute atomic E-state index is 12.9. The summed E-state index contributed by atoms with van der Waals surface area (Å²) in [7, 11) is -4.49. The first-order chi connectivity index (χ1) is 16.4. The van der Waals surface area contributed by atoms with E-state index in [9.17, 15) is 35.6 Å².